The number of rotatable bonds is 4. The number of hydrogen-bond donors (Lipinski definition) is 0. The Hall–Kier alpha value is -1.02. The fraction of sp³-hybridized carbons (Fsp3) is 0.588. The predicted molar refractivity (Wildman–Crippen MR) is 78.0 cm³/mol. The average Bonchev–Trinajstić information content (AvgIpc) is 2.88. The fourth-order valence-corrected chi connectivity index (χ4v) is 5.14. The molecule has 2 nitrogen and oxygen atoms in total. The van der Waals surface area contributed by atoms with E-state index in [9.17, 15) is 4.79 Å². The van der Waals surface area contributed by atoms with Gasteiger partial charge in [-0.2, -0.15) is 0 Å². The maximum atomic E-state index is 12.6. The first-order chi connectivity index (χ1) is 9.69. The van der Waals surface area contributed by atoms with E-state index in [2.05, 4.69) is 0 Å². The predicted octanol–water partition coefficient (Wildman–Crippen LogP) is 3.75. The van der Waals surface area contributed by atoms with Crippen LogP contribution in [-0.4, -0.2) is 12.9 Å². The molecule has 3 heteroatoms. The first-order valence-corrected chi connectivity index (χ1v) is 7.92. The molecule has 106 valence electrons. The second kappa shape index (κ2) is 4.49. The summed E-state index contributed by atoms with van der Waals surface area (Å²) in [6.07, 6.45) is 4.58. The minimum atomic E-state index is 0.338. The lowest BCUT2D eigenvalue weighted by atomic mass is 9.96. The summed E-state index contributed by atoms with van der Waals surface area (Å²) >= 11 is 6.04. The van der Waals surface area contributed by atoms with Gasteiger partial charge in [-0.05, 0) is 61.1 Å². The van der Waals surface area contributed by atoms with Crippen molar-refractivity contribution in [1.29, 1.82) is 0 Å². The van der Waals surface area contributed by atoms with Crippen LogP contribution in [-0.2, 0) is 11.2 Å². The summed E-state index contributed by atoms with van der Waals surface area (Å²) in [6, 6.07) is 5.52. The van der Waals surface area contributed by atoms with Gasteiger partial charge in [0.15, 0.2) is 0 Å². The van der Waals surface area contributed by atoms with Gasteiger partial charge in [0.1, 0.15) is 11.5 Å². The Balaban J connectivity index is 1.50. The third-order valence-electron chi connectivity index (χ3n) is 5.71. The van der Waals surface area contributed by atoms with Gasteiger partial charge in [0, 0.05) is 22.9 Å². The number of halogens is 1. The van der Waals surface area contributed by atoms with Crippen LogP contribution in [0.25, 0.3) is 0 Å². The van der Waals surface area contributed by atoms with E-state index in [1.165, 1.54) is 19.3 Å². The van der Waals surface area contributed by atoms with Crippen LogP contribution in [0.1, 0.15) is 24.8 Å². The molecule has 0 aromatic heterocycles. The number of Topliss-reactive ketones (excluding diaryl/α,β-unsaturated/α-hetero) is 1. The van der Waals surface area contributed by atoms with Crippen molar-refractivity contribution in [3.8, 4) is 5.75 Å². The first kappa shape index (κ1) is 12.7. The number of carbonyl (C=O) groups excluding carboxylic acids is 1. The van der Waals surface area contributed by atoms with Crippen molar-refractivity contribution in [2.24, 2.45) is 29.6 Å². The zero-order chi connectivity index (χ0) is 13.9. The monoisotopic (exact) mass is 290 g/mol. The van der Waals surface area contributed by atoms with Crippen LogP contribution in [0.2, 0.25) is 5.02 Å². The lowest BCUT2D eigenvalue weighted by Gasteiger charge is -2.10. The van der Waals surface area contributed by atoms with Gasteiger partial charge in [0.25, 0.3) is 0 Å². The molecule has 4 rings (SSSR count). The molecule has 0 N–H and O–H groups in total. The highest BCUT2D eigenvalue weighted by atomic mass is 35.5. The standard InChI is InChI=1S/C17H19ClO2/c1-20-14-5-4-12(18)7-11(14)8-13(19)17-15-9-2-3-10(6-9)16(15)17/h4-5,7,9-10,15-17H,2-3,6,8H2,1H3. The molecule has 3 fully saturated rings. The molecule has 0 spiro atoms. The molecule has 0 aliphatic heterocycles. The molecular weight excluding hydrogens is 272 g/mol. The number of hydrogen-bond acceptors (Lipinski definition) is 2. The summed E-state index contributed by atoms with van der Waals surface area (Å²) in [6.45, 7) is 0. The maximum absolute atomic E-state index is 12.6. The van der Waals surface area contributed by atoms with Gasteiger partial charge in [0.2, 0.25) is 0 Å². The first-order valence-electron chi connectivity index (χ1n) is 7.54. The van der Waals surface area contributed by atoms with Gasteiger partial charge in [-0.15, -0.1) is 0 Å². The summed E-state index contributed by atoms with van der Waals surface area (Å²) in [5, 5.41) is 0.671. The Morgan fingerprint density at radius 3 is 2.65 bits per heavy atom. The van der Waals surface area contributed by atoms with E-state index in [0.717, 1.165) is 23.1 Å². The van der Waals surface area contributed by atoms with Gasteiger partial charge in [-0.25, -0.2) is 0 Å². The second-order valence-electron chi connectivity index (χ2n) is 6.61. The van der Waals surface area contributed by atoms with Crippen LogP contribution in [0, 0.1) is 29.6 Å². The molecule has 0 radical (unpaired) electrons. The van der Waals surface area contributed by atoms with Gasteiger partial charge < -0.3 is 4.74 Å². The second-order valence-corrected chi connectivity index (χ2v) is 7.05. The van der Waals surface area contributed by atoms with Crippen molar-refractivity contribution in [3.05, 3.63) is 28.8 Å². The van der Waals surface area contributed by atoms with Gasteiger partial charge in [0.05, 0.1) is 7.11 Å². The number of benzene rings is 1. The Morgan fingerprint density at radius 2 is 2.00 bits per heavy atom. The molecule has 3 aliphatic rings. The molecule has 0 saturated heterocycles. The number of fused-ring (bicyclic) bond motifs is 5. The van der Waals surface area contributed by atoms with E-state index in [-0.39, 0.29) is 0 Å². The largest absolute Gasteiger partial charge is 0.496 e. The van der Waals surface area contributed by atoms with Crippen LogP contribution < -0.4 is 4.74 Å². The zero-order valence-corrected chi connectivity index (χ0v) is 12.4. The Labute approximate surface area is 124 Å². The van der Waals surface area contributed by atoms with Crippen molar-refractivity contribution in [2.75, 3.05) is 7.11 Å². The minimum absolute atomic E-state index is 0.338. The van der Waals surface area contributed by atoms with E-state index in [1.807, 2.05) is 12.1 Å². The maximum Gasteiger partial charge on any atom is 0.141 e. The number of carbonyl (C=O) groups is 1. The minimum Gasteiger partial charge on any atom is -0.496 e. The average molecular weight is 291 g/mol. The topological polar surface area (TPSA) is 26.3 Å². The molecule has 20 heavy (non-hydrogen) atoms. The smallest absolute Gasteiger partial charge is 0.141 e. The molecule has 0 amide bonds. The van der Waals surface area contributed by atoms with E-state index >= 15 is 0 Å². The van der Waals surface area contributed by atoms with Crippen molar-refractivity contribution >= 4 is 17.4 Å². The van der Waals surface area contributed by atoms with Crippen molar-refractivity contribution in [2.45, 2.75) is 25.7 Å². The van der Waals surface area contributed by atoms with Crippen LogP contribution in [0.15, 0.2) is 18.2 Å². The number of ketones is 1. The highest BCUT2D eigenvalue weighted by Crippen LogP contribution is 2.69. The van der Waals surface area contributed by atoms with Crippen LogP contribution >= 0.6 is 11.6 Å². The Bertz CT molecular complexity index is 552. The van der Waals surface area contributed by atoms with Crippen LogP contribution in [0.5, 0.6) is 5.75 Å². The lowest BCUT2D eigenvalue weighted by molar-refractivity contribution is -0.120. The quantitative estimate of drug-likeness (QED) is 0.844. The number of methoxy groups -OCH3 is 1. The summed E-state index contributed by atoms with van der Waals surface area (Å²) in [5.41, 5.74) is 0.933. The Morgan fingerprint density at radius 1 is 1.30 bits per heavy atom. The SMILES string of the molecule is COc1ccc(Cl)cc1CC(=O)C1C2C3CCC(C3)C12. The van der Waals surface area contributed by atoms with E-state index < -0.39 is 0 Å². The normalized spacial score (nSPS) is 36.8. The number of ether oxygens (including phenoxy) is 1. The van der Waals surface area contributed by atoms with E-state index in [1.54, 1.807) is 13.2 Å². The molecule has 3 saturated carbocycles. The van der Waals surface area contributed by atoms with Crippen LogP contribution in [0.3, 0.4) is 0 Å². The molecule has 0 heterocycles. The summed E-state index contributed by atoms with van der Waals surface area (Å²) in [7, 11) is 1.64. The highest BCUT2D eigenvalue weighted by molar-refractivity contribution is 6.30. The fourth-order valence-electron chi connectivity index (χ4n) is 4.95. The third kappa shape index (κ3) is 1.81. The van der Waals surface area contributed by atoms with E-state index in [0.29, 0.717) is 35.0 Å². The molecule has 4 unspecified atom stereocenters. The van der Waals surface area contributed by atoms with Gasteiger partial charge in [-0.1, -0.05) is 11.6 Å². The molecule has 4 atom stereocenters. The van der Waals surface area contributed by atoms with E-state index in [4.69, 9.17) is 16.3 Å². The van der Waals surface area contributed by atoms with Crippen molar-refractivity contribution in [1.82, 2.24) is 0 Å². The molecular formula is C17H19ClO2. The summed E-state index contributed by atoms with van der Waals surface area (Å²) in [5.74, 6) is 4.64. The Kier molecular flexibility index (Phi) is 2.85. The van der Waals surface area contributed by atoms with Gasteiger partial charge in [-0.3, -0.25) is 4.79 Å². The lowest BCUT2D eigenvalue weighted by Crippen LogP contribution is -2.12. The third-order valence-corrected chi connectivity index (χ3v) is 5.95. The van der Waals surface area contributed by atoms with Crippen molar-refractivity contribution < 1.29 is 9.53 Å². The summed E-state index contributed by atoms with van der Waals surface area (Å²) < 4.78 is 5.34. The van der Waals surface area contributed by atoms with Crippen molar-refractivity contribution in [3.63, 3.8) is 0 Å². The van der Waals surface area contributed by atoms with Gasteiger partial charge >= 0.3 is 0 Å². The zero-order valence-electron chi connectivity index (χ0n) is 11.6. The van der Waals surface area contributed by atoms with Crippen LogP contribution in [0.4, 0.5) is 0 Å². The summed E-state index contributed by atoms with van der Waals surface area (Å²) in [4.78, 5) is 12.6. The molecule has 1 aromatic rings. The molecule has 1 aromatic carbocycles. The molecule has 2 bridgehead atoms. The molecule has 3 aliphatic carbocycles. The highest BCUT2D eigenvalue weighted by Gasteiger charge is 2.66.